The number of hydrogen-bond acceptors (Lipinski definition) is 10. The Balaban J connectivity index is 1.43. The summed E-state index contributed by atoms with van der Waals surface area (Å²) < 4.78 is 2.29. The van der Waals surface area contributed by atoms with Gasteiger partial charge in [0.25, 0.3) is 0 Å². The van der Waals surface area contributed by atoms with Gasteiger partial charge in [-0.05, 0) is 39.5 Å². The van der Waals surface area contributed by atoms with Crippen LogP contribution in [0.2, 0.25) is 0 Å². The van der Waals surface area contributed by atoms with Gasteiger partial charge < -0.3 is 4.90 Å². The lowest BCUT2D eigenvalue weighted by molar-refractivity contribution is -0.134. The van der Waals surface area contributed by atoms with Gasteiger partial charge in [0.15, 0.2) is 0 Å². The average Bonchev–Trinajstić information content (AvgIpc) is 3.26. The van der Waals surface area contributed by atoms with Crippen molar-refractivity contribution in [2.45, 2.75) is 49.8 Å². The average molecular weight is 515 g/mol. The molecule has 0 bridgehead atoms. The van der Waals surface area contributed by atoms with E-state index in [0.717, 1.165) is 45.3 Å². The molecule has 2 saturated heterocycles. The summed E-state index contributed by atoms with van der Waals surface area (Å²) in [6.07, 6.45) is 10.3. The van der Waals surface area contributed by atoms with Crippen molar-refractivity contribution in [1.82, 2.24) is 23.6 Å². The predicted molar refractivity (Wildman–Crippen MR) is 130 cm³/mol. The van der Waals surface area contributed by atoms with E-state index in [1.807, 2.05) is 43.1 Å². The molecule has 2 aliphatic heterocycles. The summed E-state index contributed by atoms with van der Waals surface area (Å²) in [6.45, 7) is 5.17. The van der Waals surface area contributed by atoms with Gasteiger partial charge in [0, 0.05) is 37.0 Å². The van der Waals surface area contributed by atoms with Crippen LogP contribution in [0.5, 0.6) is 0 Å². The second-order valence-electron chi connectivity index (χ2n) is 8.77. The maximum absolute atomic E-state index is 12.9. The molecule has 5 rings (SSSR count). The van der Waals surface area contributed by atoms with Gasteiger partial charge >= 0.3 is 0 Å². The zero-order chi connectivity index (χ0) is 24.7. The second kappa shape index (κ2) is 9.73. The summed E-state index contributed by atoms with van der Waals surface area (Å²) in [5.41, 5.74) is 0. The first-order valence-corrected chi connectivity index (χ1v) is 13.4. The smallest absolute Gasteiger partial charge is 0.247 e. The van der Waals surface area contributed by atoms with Crippen LogP contribution >= 0.6 is 23.9 Å². The van der Waals surface area contributed by atoms with Gasteiger partial charge in [0.05, 0.1) is 23.7 Å². The topological polar surface area (TPSA) is 117 Å². The van der Waals surface area contributed by atoms with Crippen LogP contribution in [-0.2, 0) is 19.2 Å². The maximum Gasteiger partial charge on any atom is 0.247 e. The van der Waals surface area contributed by atoms with Gasteiger partial charge in [-0.3, -0.25) is 19.2 Å². The number of hydrogen-bond donors (Lipinski definition) is 0. The zero-order valence-electron chi connectivity index (χ0n) is 19.5. The fourth-order valence-corrected chi connectivity index (χ4v) is 6.68. The van der Waals surface area contributed by atoms with Crippen molar-refractivity contribution in [3.05, 3.63) is 24.3 Å². The molecule has 4 amide bonds. The molecular formula is C23H26N6O4S2. The highest BCUT2D eigenvalue weighted by atomic mass is 32.2. The molecule has 0 aromatic carbocycles. The third-order valence-electron chi connectivity index (χ3n) is 6.82. The number of anilines is 1. The van der Waals surface area contributed by atoms with Crippen molar-refractivity contribution < 1.29 is 19.2 Å². The molecule has 1 aromatic rings. The number of amides is 4. The van der Waals surface area contributed by atoms with Crippen LogP contribution in [0.1, 0.15) is 39.5 Å². The van der Waals surface area contributed by atoms with E-state index in [0.29, 0.717) is 31.9 Å². The second-order valence-corrected chi connectivity index (χ2v) is 10.6. The lowest BCUT2D eigenvalue weighted by atomic mass is 9.86. The zero-order valence-corrected chi connectivity index (χ0v) is 21.1. The fourth-order valence-electron chi connectivity index (χ4n) is 4.92. The van der Waals surface area contributed by atoms with Crippen LogP contribution in [-0.4, -0.2) is 60.3 Å². The number of imide groups is 2. The molecule has 10 nitrogen and oxygen atoms in total. The van der Waals surface area contributed by atoms with E-state index in [-0.39, 0.29) is 45.8 Å². The van der Waals surface area contributed by atoms with E-state index in [2.05, 4.69) is 15.0 Å². The van der Waals surface area contributed by atoms with E-state index < -0.39 is 11.8 Å². The number of allylic oxidation sites excluding steroid dienone is 2. The Bertz CT molecular complexity index is 1060. The third kappa shape index (κ3) is 4.26. The number of carbonyl (C=O) groups is 4. The molecule has 4 aliphatic rings. The summed E-state index contributed by atoms with van der Waals surface area (Å²) in [7, 11) is 0. The fraction of sp³-hybridized carbons (Fsp3) is 0.522. The molecule has 35 heavy (non-hydrogen) atoms. The van der Waals surface area contributed by atoms with Crippen molar-refractivity contribution in [3.8, 4) is 0 Å². The van der Waals surface area contributed by atoms with Crippen molar-refractivity contribution in [2.24, 2.45) is 23.7 Å². The molecule has 12 heteroatoms. The Morgan fingerprint density at radius 1 is 0.771 bits per heavy atom. The Hall–Kier alpha value is -2.73. The van der Waals surface area contributed by atoms with Crippen molar-refractivity contribution in [1.29, 1.82) is 0 Å². The predicted octanol–water partition coefficient (Wildman–Crippen LogP) is 2.63. The highest BCUT2D eigenvalue weighted by Crippen LogP contribution is 2.41. The van der Waals surface area contributed by atoms with Gasteiger partial charge in [0.1, 0.15) is 0 Å². The Kier molecular flexibility index (Phi) is 6.67. The molecule has 184 valence electrons. The van der Waals surface area contributed by atoms with E-state index in [9.17, 15) is 19.2 Å². The molecule has 1 aromatic heterocycles. The lowest BCUT2D eigenvalue weighted by Crippen LogP contribution is -2.28. The monoisotopic (exact) mass is 514 g/mol. The molecule has 0 N–H and O–H groups in total. The van der Waals surface area contributed by atoms with E-state index in [1.54, 1.807) is 0 Å². The van der Waals surface area contributed by atoms with Crippen molar-refractivity contribution in [2.75, 3.05) is 18.0 Å². The van der Waals surface area contributed by atoms with Crippen LogP contribution in [0.15, 0.2) is 34.6 Å². The third-order valence-corrected chi connectivity index (χ3v) is 8.60. The lowest BCUT2D eigenvalue weighted by Gasteiger charge is -2.20. The summed E-state index contributed by atoms with van der Waals surface area (Å²) in [5, 5.41) is 0.343. The van der Waals surface area contributed by atoms with Gasteiger partial charge in [-0.25, -0.2) is 8.61 Å². The van der Waals surface area contributed by atoms with Gasteiger partial charge in [0.2, 0.25) is 39.9 Å². The SMILES string of the molecule is CCN(CC)c1nc(SN2C(=O)C3C=CCCC3C2=O)nc(SN2C(=O)C3C=CCCC3C2=O)n1. The molecule has 4 atom stereocenters. The largest absolute Gasteiger partial charge is 0.341 e. The summed E-state index contributed by atoms with van der Waals surface area (Å²) in [5.74, 6) is -2.27. The number of rotatable bonds is 7. The minimum atomic E-state index is -0.446. The first-order valence-electron chi connectivity index (χ1n) is 11.9. The minimum absolute atomic E-state index is 0.171. The maximum atomic E-state index is 12.9. The van der Waals surface area contributed by atoms with E-state index in [1.165, 1.54) is 0 Å². The van der Waals surface area contributed by atoms with Crippen LogP contribution in [0.25, 0.3) is 0 Å². The molecule has 3 heterocycles. The molecule has 0 spiro atoms. The van der Waals surface area contributed by atoms with Crippen LogP contribution in [0.3, 0.4) is 0 Å². The number of carbonyl (C=O) groups excluding carboxylic acids is 4. The Morgan fingerprint density at radius 3 is 1.63 bits per heavy atom. The molecular weight excluding hydrogens is 488 g/mol. The van der Waals surface area contributed by atoms with Gasteiger partial charge in [-0.15, -0.1) is 0 Å². The number of fused-ring (bicyclic) bond motifs is 2. The Labute approximate surface area is 211 Å². The highest BCUT2D eigenvalue weighted by Gasteiger charge is 2.49. The van der Waals surface area contributed by atoms with Crippen LogP contribution < -0.4 is 4.90 Å². The van der Waals surface area contributed by atoms with Crippen molar-refractivity contribution >= 4 is 53.5 Å². The highest BCUT2D eigenvalue weighted by molar-refractivity contribution is 7.98. The van der Waals surface area contributed by atoms with Gasteiger partial charge in [-0.2, -0.15) is 15.0 Å². The number of aromatic nitrogens is 3. The van der Waals surface area contributed by atoms with Crippen molar-refractivity contribution in [3.63, 3.8) is 0 Å². The number of nitrogens with zero attached hydrogens (tertiary/aromatic N) is 6. The quantitative estimate of drug-likeness (QED) is 0.305. The van der Waals surface area contributed by atoms with Gasteiger partial charge in [-0.1, -0.05) is 24.3 Å². The molecule has 4 unspecified atom stereocenters. The molecule has 2 fully saturated rings. The molecule has 2 aliphatic carbocycles. The van der Waals surface area contributed by atoms with Crippen LogP contribution in [0, 0.1) is 23.7 Å². The first kappa shape index (κ1) is 24.0. The van der Waals surface area contributed by atoms with E-state index in [4.69, 9.17) is 0 Å². The molecule has 0 saturated carbocycles. The van der Waals surface area contributed by atoms with Crippen LogP contribution in [0.4, 0.5) is 5.95 Å². The minimum Gasteiger partial charge on any atom is -0.341 e. The summed E-state index contributed by atoms with van der Waals surface area (Å²) in [6, 6.07) is 0. The molecule has 0 radical (unpaired) electrons. The normalized spacial score (nSPS) is 27.6. The summed E-state index contributed by atoms with van der Waals surface area (Å²) >= 11 is 1.76. The summed E-state index contributed by atoms with van der Waals surface area (Å²) in [4.78, 5) is 67.1. The standard InChI is InChI=1S/C23H26N6O4S2/c1-3-27(4-2)21-24-22(34-28-17(30)13-9-5-6-10-14(13)18(28)31)26-23(25-21)35-29-19(32)15-11-7-8-12-16(15)20(29)33/h5,7,9,11,13-16H,3-4,6,8,10,12H2,1-2H3. The Morgan fingerprint density at radius 2 is 1.23 bits per heavy atom. The first-order chi connectivity index (χ1) is 16.9. The van der Waals surface area contributed by atoms with E-state index >= 15 is 0 Å².